The second-order valence-electron chi connectivity index (χ2n) is 9.01. The summed E-state index contributed by atoms with van der Waals surface area (Å²) >= 11 is 1.70. The molecule has 0 bridgehead atoms. The average molecular weight is 468 g/mol. The van der Waals surface area contributed by atoms with Crippen molar-refractivity contribution in [2.24, 2.45) is 11.7 Å². The van der Waals surface area contributed by atoms with Crippen LogP contribution in [0.2, 0.25) is 0 Å². The van der Waals surface area contributed by atoms with Crippen molar-refractivity contribution >= 4 is 44.0 Å². The Morgan fingerprint density at radius 3 is 3.00 bits per heavy atom. The summed E-state index contributed by atoms with van der Waals surface area (Å²) in [5.74, 6) is 1.67. The van der Waals surface area contributed by atoms with Crippen LogP contribution in [0, 0.1) is 5.92 Å². The minimum Gasteiger partial charge on any atom is -0.490 e. The van der Waals surface area contributed by atoms with Crippen LogP contribution in [0.1, 0.15) is 23.8 Å². The minimum atomic E-state index is -0.446. The van der Waals surface area contributed by atoms with E-state index in [0.29, 0.717) is 12.4 Å². The molecule has 3 aromatic heterocycles. The van der Waals surface area contributed by atoms with Gasteiger partial charge in [0.05, 0.1) is 22.8 Å². The number of aromatic nitrogens is 4. The highest BCUT2D eigenvalue weighted by atomic mass is 32.1. The van der Waals surface area contributed by atoms with Gasteiger partial charge < -0.3 is 20.9 Å². The molecule has 1 aliphatic rings. The highest BCUT2D eigenvalue weighted by Gasteiger charge is 2.30. The van der Waals surface area contributed by atoms with Gasteiger partial charge in [-0.1, -0.05) is 0 Å². The van der Waals surface area contributed by atoms with Crippen LogP contribution in [0.4, 0.5) is 11.5 Å². The predicted molar refractivity (Wildman–Crippen MR) is 131 cm³/mol. The van der Waals surface area contributed by atoms with Crippen LogP contribution >= 0.6 is 11.3 Å². The predicted octanol–water partition coefficient (Wildman–Crippen LogP) is 3.02. The Labute approximate surface area is 196 Å². The number of nitrogens with one attached hydrogen (secondary N) is 2. The van der Waals surface area contributed by atoms with Gasteiger partial charge in [0.2, 0.25) is 0 Å². The first-order chi connectivity index (χ1) is 15.9. The maximum atomic E-state index is 10.5. The van der Waals surface area contributed by atoms with E-state index in [9.17, 15) is 5.11 Å². The molecule has 10 heteroatoms. The number of thiophene rings is 1. The summed E-state index contributed by atoms with van der Waals surface area (Å²) in [6.07, 6.45) is 5.60. The molecule has 0 aliphatic heterocycles. The lowest BCUT2D eigenvalue weighted by atomic mass is 9.86. The highest BCUT2D eigenvalue weighted by molar-refractivity contribution is 7.19. The van der Waals surface area contributed by atoms with Crippen LogP contribution in [0.25, 0.3) is 21.1 Å². The number of hydrogen-bond donors (Lipinski definition) is 4. The Balaban J connectivity index is 1.52. The molecule has 33 heavy (non-hydrogen) atoms. The van der Waals surface area contributed by atoms with Crippen LogP contribution in [-0.4, -0.2) is 63.1 Å². The molecule has 0 fully saturated rings. The van der Waals surface area contributed by atoms with Crippen molar-refractivity contribution in [1.82, 2.24) is 25.1 Å². The zero-order valence-corrected chi connectivity index (χ0v) is 19.8. The SMILES string of the molecule is C[C@H](N)COc1cc2[nH]ncc2cc1Nc1ncnc2sc3c(c12)CC[C@H](C(O)N(C)C)C3. The fourth-order valence-corrected chi connectivity index (χ4v) is 5.72. The van der Waals surface area contributed by atoms with E-state index in [4.69, 9.17) is 10.5 Å². The van der Waals surface area contributed by atoms with Crippen molar-refractivity contribution in [3.05, 3.63) is 35.1 Å². The molecule has 0 saturated carbocycles. The lowest BCUT2D eigenvalue weighted by Crippen LogP contribution is -2.37. The van der Waals surface area contributed by atoms with E-state index in [-0.39, 0.29) is 12.0 Å². The standard InChI is InChI=1S/C23H29N7O2S/c1-12(24)10-32-18-8-16-14(9-27-29-16)6-17(18)28-21-20-15-5-4-13(23(31)30(2)3)7-19(15)33-22(20)26-11-25-21/h6,8-9,11-13,23,31H,4-5,7,10,24H2,1-3H3,(H,27,29)(H,25,26,28)/t12-,13-,23?/m0/s1. The minimum absolute atomic E-state index is 0.0876. The molecular formula is C23H29N7O2S. The molecule has 5 rings (SSSR count). The van der Waals surface area contributed by atoms with Gasteiger partial charge in [-0.2, -0.15) is 5.10 Å². The van der Waals surface area contributed by atoms with Gasteiger partial charge in [-0.25, -0.2) is 9.97 Å². The fourth-order valence-electron chi connectivity index (χ4n) is 4.44. The van der Waals surface area contributed by atoms with Crippen LogP contribution in [0.3, 0.4) is 0 Å². The number of aliphatic hydroxyl groups is 1. The number of aromatic amines is 1. The lowest BCUT2D eigenvalue weighted by Gasteiger charge is -2.30. The van der Waals surface area contributed by atoms with Crippen molar-refractivity contribution in [2.75, 3.05) is 26.0 Å². The smallest absolute Gasteiger partial charge is 0.145 e. The summed E-state index contributed by atoms with van der Waals surface area (Å²) in [6.45, 7) is 2.31. The van der Waals surface area contributed by atoms with Crippen molar-refractivity contribution in [3.8, 4) is 5.75 Å². The normalized spacial score (nSPS) is 17.9. The summed E-state index contributed by atoms with van der Waals surface area (Å²) in [7, 11) is 3.83. The van der Waals surface area contributed by atoms with E-state index in [1.165, 1.54) is 10.4 Å². The van der Waals surface area contributed by atoms with Crippen LogP contribution < -0.4 is 15.8 Å². The number of nitrogens with two attached hydrogens (primary N) is 1. The Kier molecular flexibility index (Phi) is 5.92. The molecule has 0 radical (unpaired) electrons. The van der Waals surface area contributed by atoms with E-state index in [1.54, 1.807) is 23.9 Å². The molecule has 0 amide bonds. The molecule has 3 atom stereocenters. The molecule has 5 N–H and O–H groups in total. The molecular weight excluding hydrogens is 438 g/mol. The largest absolute Gasteiger partial charge is 0.490 e. The summed E-state index contributed by atoms with van der Waals surface area (Å²) in [6, 6.07) is 3.85. The Hall–Kier alpha value is -2.79. The number of nitrogens with zero attached hydrogens (tertiary/aromatic N) is 4. The van der Waals surface area contributed by atoms with Crippen LogP contribution in [0.5, 0.6) is 5.75 Å². The first kappa shape index (κ1) is 22.0. The molecule has 0 saturated heterocycles. The third kappa shape index (κ3) is 4.26. The highest BCUT2D eigenvalue weighted by Crippen LogP contribution is 2.42. The van der Waals surface area contributed by atoms with E-state index < -0.39 is 6.23 Å². The van der Waals surface area contributed by atoms with Gasteiger partial charge in [-0.15, -0.1) is 11.3 Å². The van der Waals surface area contributed by atoms with E-state index in [2.05, 4.69) is 25.5 Å². The summed E-state index contributed by atoms with van der Waals surface area (Å²) in [5, 5.41) is 23.2. The second kappa shape index (κ2) is 8.86. The molecule has 9 nitrogen and oxygen atoms in total. The van der Waals surface area contributed by atoms with Gasteiger partial charge in [-0.05, 0) is 51.9 Å². The van der Waals surface area contributed by atoms with E-state index >= 15 is 0 Å². The topological polar surface area (TPSA) is 125 Å². The molecule has 1 aliphatic carbocycles. The van der Waals surface area contributed by atoms with Crippen molar-refractivity contribution in [3.63, 3.8) is 0 Å². The van der Waals surface area contributed by atoms with Gasteiger partial charge in [0, 0.05) is 28.3 Å². The number of H-pyrrole nitrogens is 1. The number of aryl methyl sites for hydroxylation is 1. The van der Waals surface area contributed by atoms with Crippen molar-refractivity contribution in [2.45, 2.75) is 38.5 Å². The monoisotopic (exact) mass is 467 g/mol. The first-order valence-corrected chi connectivity index (χ1v) is 11.9. The Morgan fingerprint density at radius 2 is 2.21 bits per heavy atom. The van der Waals surface area contributed by atoms with Crippen molar-refractivity contribution < 1.29 is 9.84 Å². The van der Waals surface area contributed by atoms with Gasteiger partial charge in [0.15, 0.2) is 0 Å². The van der Waals surface area contributed by atoms with Crippen LogP contribution in [0.15, 0.2) is 24.7 Å². The second-order valence-corrected chi connectivity index (χ2v) is 10.1. The number of aliphatic hydroxyl groups excluding tert-OH is 1. The third-order valence-electron chi connectivity index (χ3n) is 6.13. The molecule has 0 spiro atoms. The van der Waals surface area contributed by atoms with E-state index in [0.717, 1.165) is 51.9 Å². The molecule has 1 aromatic carbocycles. The van der Waals surface area contributed by atoms with Gasteiger partial charge >= 0.3 is 0 Å². The van der Waals surface area contributed by atoms with Gasteiger partial charge in [0.1, 0.15) is 35.6 Å². The van der Waals surface area contributed by atoms with Gasteiger partial charge in [-0.3, -0.25) is 10.00 Å². The average Bonchev–Trinajstić information content (AvgIpc) is 3.40. The number of fused-ring (bicyclic) bond motifs is 4. The maximum absolute atomic E-state index is 10.5. The molecule has 4 aromatic rings. The quantitative estimate of drug-likeness (QED) is 0.306. The molecule has 1 unspecified atom stereocenters. The zero-order valence-electron chi connectivity index (χ0n) is 19.0. The Morgan fingerprint density at radius 1 is 1.36 bits per heavy atom. The van der Waals surface area contributed by atoms with E-state index in [1.807, 2.05) is 38.1 Å². The third-order valence-corrected chi connectivity index (χ3v) is 7.29. The molecule has 3 heterocycles. The first-order valence-electron chi connectivity index (χ1n) is 11.1. The molecule has 174 valence electrons. The lowest BCUT2D eigenvalue weighted by molar-refractivity contribution is -0.0142. The number of anilines is 2. The summed E-state index contributed by atoms with van der Waals surface area (Å²) in [4.78, 5) is 13.3. The maximum Gasteiger partial charge on any atom is 0.145 e. The summed E-state index contributed by atoms with van der Waals surface area (Å²) < 4.78 is 6.01. The zero-order chi connectivity index (χ0) is 23.1. The Bertz CT molecular complexity index is 1280. The summed E-state index contributed by atoms with van der Waals surface area (Å²) in [5.41, 5.74) is 8.90. The van der Waals surface area contributed by atoms with Crippen LogP contribution in [-0.2, 0) is 12.8 Å². The number of hydrogen-bond acceptors (Lipinski definition) is 9. The van der Waals surface area contributed by atoms with Crippen molar-refractivity contribution in [1.29, 1.82) is 0 Å². The number of ether oxygens (including phenoxy) is 1. The number of benzene rings is 1. The fraction of sp³-hybridized carbons (Fsp3) is 0.435. The van der Waals surface area contributed by atoms with Gasteiger partial charge in [0.25, 0.3) is 0 Å². The number of rotatable bonds is 7.